The summed E-state index contributed by atoms with van der Waals surface area (Å²) >= 11 is 0. The van der Waals surface area contributed by atoms with Crippen molar-refractivity contribution < 1.29 is 9.47 Å². The fraction of sp³-hybridized carbons (Fsp3) is 0.933. The van der Waals surface area contributed by atoms with Crippen molar-refractivity contribution in [2.75, 3.05) is 20.3 Å². The molecule has 0 aromatic rings. The number of ether oxygens (including phenoxy) is 2. The second-order valence-corrected chi connectivity index (χ2v) is 6.07. The van der Waals surface area contributed by atoms with Gasteiger partial charge in [-0.2, -0.15) is 5.26 Å². The molecule has 0 aliphatic heterocycles. The smallest absolute Gasteiger partial charge is 0.109 e. The largest absolute Gasteiger partial charge is 0.379 e. The van der Waals surface area contributed by atoms with Gasteiger partial charge in [0.15, 0.2) is 0 Å². The number of hydrogen-bond donors (Lipinski definition) is 1. The van der Waals surface area contributed by atoms with Crippen LogP contribution in [0.25, 0.3) is 0 Å². The van der Waals surface area contributed by atoms with Crippen LogP contribution in [0.4, 0.5) is 0 Å². The van der Waals surface area contributed by atoms with Gasteiger partial charge >= 0.3 is 0 Å². The molecule has 110 valence electrons. The van der Waals surface area contributed by atoms with Crippen molar-refractivity contribution in [3.05, 3.63) is 0 Å². The summed E-state index contributed by atoms with van der Waals surface area (Å²) in [4.78, 5) is 0. The van der Waals surface area contributed by atoms with Gasteiger partial charge in [-0.15, -0.1) is 0 Å². The molecule has 0 heterocycles. The average Bonchev–Trinajstić information content (AvgIpc) is 2.80. The number of hydrogen-bond acceptors (Lipinski definition) is 4. The van der Waals surface area contributed by atoms with Crippen molar-refractivity contribution in [2.24, 2.45) is 0 Å². The van der Waals surface area contributed by atoms with E-state index in [0.717, 1.165) is 38.6 Å². The van der Waals surface area contributed by atoms with Gasteiger partial charge in [-0.1, -0.05) is 6.92 Å². The van der Waals surface area contributed by atoms with Crippen LogP contribution in [0.5, 0.6) is 0 Å². The lowest BCUT2D eigenvalue weighted by atomic mass is 9.99. The van der Waals surface area contributed by atoms with Gasteiger partial charge in [0.2, 0.25) is 0 Å². The second-order valence-electron chi connectivity index (χ2n) is 6.07. The number of nitriles is 1. The van der Waals surface area contributed by atoms with Crippen LogP contribution in [0.15, 0.2) is 0 Å². The van der Waals surface area contributed by atoms with Crippen LogP contribution in [0.1, 0.15) is 52.9 Å². The minimum Gasteiger partial charge on any atom is -0.379 e. The summed E-state index contributed by atoms with van der Waals surface area (Å²) in [5.74, 6) is 0. The van der Waals surface area contributed by atoms with E-state index in [-0.39, 0.29) is 17.2 Å². The van der Waals surface area contributed by atoms with E-state index >= 15 is 0 Å². The summed E-state index contributed by atoms with van der Waals surface area (Å²) in [6.07, 6.45) is 4.80. The van der Waals surface area contributed by atoms with Gasteiger partial charge in [-0.3, -0.25) is 5.32 Å². The van der Waals surface area contributed by atoms with Gasteiger partial charge in [0.25, 0.3) is 0 Å². The highest BCUT2D eigenvalue weighted by molar-refractivity contribution is 5.12. The highest BCUT2D eigenvalue weighted by Crippen LogP contribution is 2.31. The molecular formula is C15H28N2O2. The summed E-state index contributed by atoms with van der Waals surface area (Å²) in [5, 5.41) is 12.7. The molecule has 0 bridgehead atoms. The molecule has 4 nitrogen and oxygen atoms in total. The van der Waals surface area contributed by atoms with E-state index in [1.807, 2.05) is 0 Å². The normalized spacial score (nSPS) is 27.4. The zero-order valence-corrected chi connectivity index (χ0v) is 12.8. The monoisotopic (exact) mass is 268 g/mol. The van der Waals surface area contributed by atoms with Crippen LogP contribution in [-0.4, -0.2) is 37.5 Å². The van der Waals surface area contributed by atoms with Crippen molar-refractivity contribution in [3.8, 4) is 6.07 Å². The quantitative estimate of drug-likeness (QED) is 0.735. The van der Waals surface area contributed by atoms with Crippen molar-refractivity contribution in [3.63, 3.8) is 0 Å². The zero-order valence-electron chi connectivity index (χ0n) is 12.8. The molecule has 2 atom stereocenters. The molecule has 0 radical (unpaired) electrons. The first-order valence-electron chi connectivity index (χ1n) is 7.30. The number of nitrogens with one attached hydrogen (secondary N) is 1. The highest BCUT2D eigenvalue weighted by atomic mass is 16.5. The highest BCUT2D eigenvalue weighted by Gasteiger charge is 2.39. The van der Waals surface area contributed by atoms with Gasteiger partial charge in [0.1, 0.15) is 5.54 Å². The maximum atomic E-state index is 9.37. The van der Waals surface area contributed by atoms with Gasteiger partial charge in [-0.05, 0) is 46.1 Å². The molecule has 4 heteroatoms. The minimum absolute atomic E-state index is 0.134. The molecule has 0 saturated heterocycles. The summed E-state index contributed by atoms with van der Waals surface area (Å²) in [7, 11) is 1.73. The first-order valence-corrected chi connectivity index (χ1v) is 7.30. The maximum absolute atomic E-state index is 9.37. The SMILES string of the molecule is CCCNC1(C#N)CCC(OCCC(C)(C)OC)C1. The lowest BCUT2D eigenvalue weighted by Crippen LogP contribution is -2.42. The number of nitrogens with zero attached hydrogens (tertiary/aromatic N) is 1. The van der Waals surface area contributed by atoms with E-state index in [2.05, 4.69) is 32.2 Å². The molecule has 0 amide bonds. The second kappa shape index (κ2) is 7.23. The van der Waals surface area contributed by atoms with Gasteiger partial charge in [-0.25, -0.2) is 0 Å². The standard InChI is InChI=1S/C15H28N2O2/c1-5-9-17-15(12-16)7-6-13(11-15)19-10-8-14(2,3)18-4/h13,17H,5-11H2,1-4H3. The minimum atomic E-state index is -0.364. The van der Waals surface area contributed by atoms with Gasteiger partial charge in [0, 0.05) is 20.1 Å². The molecule has 2 unspecified atom stereocenters. The van der Waals surface area contributed by atoms with Crippen LogP contribution in [0.3, 0.4) is 0 Å². The summed E-state index contributed by atoms with van der Waals surface area (Å²) in [5.41, 5.74) is -0.497. The lowest BCUT2D eigenvalue weighted by molar-refractivity contribution is -0.0261. The zero-order chi connectivity index (χ0) is 14.4. The topological polar surface area (TPSA) is 54.3 Å². The Bertz CT molecular complexity index is 312. The first kappa shape index (κ1) is 16.4. The van der Waals surface area contributed by atoms with Crippen LogP contribution >= 0.6 is 0 Å². The van der Waals surface area contributed by atoms with Gasteiger partial charge < -0.3 is 9.47 Å². The average molecular weight is 268 g/mol. The van der Waals surface area contributed by atoms with E-state index in [1.54, 1.807) is 7.11 Å². The Labute approximate surface area is 117 Å². The number of methoxy groups -OCH3 is 1. The third-order valence-corrected chi connectivity index (χ3v) is 4.01. The van der Waals surface area contributed by atoms with Crippen LogP contribution in [0, 0.1) is 11.3 Å². The van der Waals surface area contributed by atoms with Crippen molar-refractivity contribution >= 4 is 0 Å². The predicted octanol–water partition coefficient (Wildman–Crippen LogP) is 2.63. The molecule has 19 heavy (non-hydrogen) atoms. The van der Waals surface area contributed by atoms with E-state index in [1.165, 1.54) is 0 Å². The Balaban J connectivity index is 2.33. The molecule has 0 spiro atoms. The van der Waals surface area contributed by atoms with Crippen molar-refractivity contribution in [1.29, 1.82) is 5.26 Å². The van der Waals surface area contributed by atoms with Crippen molar-refractivity contribution in [2.45, 2.75) is 70.1 Å². The van der Waals surface area contributed by atoms with Crippen LogP contribution < -0.4 is 5.32 Å². The Kier molecular flexibility index (Phi) is 6.25. The summed E-state index contributed by atoms with van der Waals surface area (Å²) in [6.45, 7) is 7.84. The molecule has 1 saturated carbocycles. The van der Waals surface area contributed by atoms with Crippen molar-refractivity contribution in [1.82, 2.24) is 5.32 Å². The third kappa shape index (κ3) is 5.10. The van der Waals surface area contributed by atoms with Crippen LogP contribution in [-0.2, 0) is 9.47 Å². The fourth-order valence-corrected chi connectivity index (χ4v) is 2.38. The molecule has 1 aliphatic carbocycles. The molecule has 0 aromatic heterocycles. The molecule has 1 N–H and O–H groups in total. The van der Waals surface area contributed by atoms with E-state index < -0.39 is 0 Å². The molecule has 1 fully saturated rings. The van der Waals surface area contributed by atoms with Crippen LogP contribution in [0.2, 0.25) is 0 Å². The van der Waals surface area contributed by atoms with Gasteiger partial charge in [0.05, 0.1) is 17.8 Å². The van der Waals surface area contributed by atoms with E-state index in [0.29, 0.717) is 6.61 Å². The fourth-order valence-electron chi connectivity index (χ4n) is 2.38. The maximum Gasteiger partial charge on any atom is 0.109 e. The third-order valence-electron chi connectivity index (χ3n) is 4.01. The van der Waals surface area contributed by atoms with E-state index in [9.17, 15) is 5.26 Å². The first-order chi connectivity index (χ1) is 8.97. The predicted molar refractivity (Wildman–Crippen MR) is 75.9 cm³/mol. The molecule has 1 aliphatic rings. The van der Waals surface area contributed by atoms with E-state index in [4.69, 9.17) is 9.47 Å². The Morgan fingerprint density at radius 1 is 1.47 bits per heavy atom. The molecular weight excluding hydrogens is 240 g/mol. The summed E-state index contributed by atoms with van der Waals surface area (Å²) in [6, 6.07) is 2.44. The Morgan fingerprint density at radius 3 is 2.79 bits per heavy atom. The Hall–Kier alpha value is -0.630. The Morgan fingerprint density at radius 2 is 2.21 bits per heavy atom. The number of rotatable bonds is 8. The lowest BCUT2D eigenvalue weighted by Gasteiger charge is -2.25. The molecule has 0 aromatic carbocycles. The summed E-state index contributed by atoms with van der Waals surface area (Å²) < 4.78 is 11.3. The molecule has 1 rings (SSSR count).